The van der Waals surface area contributed by atoms with Crippen molar-refractivity contribution in [1.29, 1.82) is 0 Å². The molecule has 7 heteroatoms. The lowest BCUT2D eigenvalue weighted by Crippen LogP contribution is -2.16. The predicted octanol–water partition coefficient (Wildman–Crippen LogP) is 1.93. The van der Waals surface area contributed by atoms with Crippen molar-refractivity contribution in [2.45, 2.75) is 6.43 Å². The highest BCUT2D eigenvalue weighted by Crippen LogP contribution is 2.32. The zero-order valence-electron chi connectivity index (χ0n) is 8.62. The molecule has 0 radical (unpaired) electrons. The fraction of sp³-hybridized carbons (Fsp3) is 0.333. The molecule has 0 saturated carbocycles. The number of hydrogen-bond donors (Lipinski definition) is 1. The van der Waals surface area contributed by atoms with Crippen LogP contribution in [0.1, 0.15) is 21.8 Å². The Bertz CT molecular complexity index is 546. The van der Waals surface area contributed by atoms with Crippen LogP contribution in [-0.4, -0.2) is 22.7 Å². The van der Waals surface area contributed by atoms with Gasteiger partial charge in [0.2, 0.25) is 0 Å². The molecule has 0 aliphatic heterocycles. The first kappa shape index (κ1) is 11.0. The Balaban J connectivity index is 2.61. The summed E-state index contributed by atoms with van der Waals surface area (Å²) in [5.41, 5.74) is -0.274. The minimum Gasteiger partial charge on any atom is -0.354 e. The van der Waals surface area contributed by atoms with Crippen LogP contribution in [0.15, 0.2) is 6.07 Å². The van der Waals surface area contributed by atoms with Gasteiger partial charge >= 0.3 is 0 Å². The summed E-state index contributed by atoms with van der Waals surface area (Å²) in [5.74, 6) is -0.276. The number of hydrogen-bond acceptors (Lipinski definition) is 3. The first-order chi connectivity index (χ1) is 7.54. The summed E-state index contributed by atoms with van der Waals surface area (Å²) in [6.45, 7) is 0. The molecule has 2 rings (SSSR count). The van der Waals surface area contributed by atoms with Crippen molar-refractivity contribution in [2.75, 3.05) is 7.05 Å². The second-order valence-electron chi connectivity index (χ2n) is 3.22. The average molecular weight is 245 g/mol. The lowest BCUT2D eigenvalue weighted by molar-refractivity contribution is 0.0967. The third-order valence-corrected chi connectivity index (χ3v) is 3.40. The van der Waals surface area contributed by atoms with Gasteiger partial charge in [0.1, 0.15) is 10.5 Å². The van der Waals surface area contributed by atoms with Crippen LogP contribution in [0.3, 0.4) is 0 Å². The summed E-state index contributed by atoms with van der Waals surface area (Å²) >= 11 is 1.15. The van der Waals surface area contributed by atoms with Gasteiger partial charge in [-0.25, -0.2) is 8.78 Å². The van der Waals surface area contributed by atoms with E-state index in [1.54, 1.807) is 7.05 Å². The molecule has 2 aromatic heterocycles. The molecule has 0 unspecified atom stereocenters. The number of aromatic nitrogens is 2. The molecule has 0 fully saturated rings. The number of alkyl halides is 2. The van der Waals surface area contributed by atoms with Gasteiger partial charge in [-0.3, -0.25) is 9.48 Å². The number of aryl methyl sites for hydroxylation is 1. The van der Waals surface area contributed by atoms with E-state index >= 15 is 0 Å². The number of fused-ring (bicyclic) bond motifs is 1. The molecule has 0 aromatic carbocycles. The second-order valence-corrected chi connectivity index (χ2v) is 4.25. The van der Waals surface area contributed by atoms with Gasteiger partial charge in [-0.05, 0) is 6.07 Å². The van der Waals surface area contributed by atoms with Gasteiger partial charge in [0, 0.05) is 19.5 Å². The quantitative estimate of drug-likeness (QED) is 0.878. The molecule has 0 spiro atoms. The molecule has 2 aromatic rings. The summed E-state index contributed by atoms with van der Waals surface area (Å²) in [6.07, 6.45) is -2.63. The molecule has 4 nitrogen and oxygen atoms in total. The third kappa shape index (κ3) is 1.57. The molecule has 0 aliphatic carbocycles. The second kappa shape index (κ2) is 3.82. The molecule has 0 aliphatic rings. The highest BCUT2D eigenvalue weighted by atomic mass is 32.1. The molecule has 1 N–H and O–H groups in total. The fourth-order valence-corrected chi connectivity index (χ4v) is 2.49. The summed E-state index contributed by atoms with van der Waals surface area (Å²) in [5, 5.41) is 6.52. The molecular weight excluding hydrogens is 236 g/mol. The average Bonchev–Trinajstić information content (AvgIpc) is 2.78. The SMILES string of the molecule is CNC(=O)c1cc2c(C(F)F)nn(C)c2s1. The van der Waals surface area contributed by atoms with Crippen molar-refractivity contribution in [3.05, 3.63) is 16.6 Å². The largest absolute Gasteiger partial charge is 0.354 e. The van der Waals surface area contributed by atoms with E-state index in [1.807, 2.05) is 0 Å². The Labute approximate surface area is 93.9 Å². The zero-order valence-corrected chi connectivity index (χ0v) is 9.44. The highest BCUT2D eigenvalue weighted by Gasteiger charge is 2.21. The lowest BCUT2D eigenvalue weighted by atomic mass is 10.3. The van der Waals surface area contributed by atoms with Crippen LogP contribution < -0.4 is 5.32 Å². The van der Waals surface area contributed by atoms with Crippen LogP contribution in [0, 0.1) is 0 Å². The Kier molecular flexibility index (Phi) is 2.63. The van der Waals surface area contributed by atoms with E-state index in [2.05, 4.69) is 10.4 Å². The van der Waals surface area contributed by atoms with E-state index in [1.165, 1.54) is 17.8 Å². The van der Waals surface area contributed by atoms with Crippen molar-refractivity contribution < 1.29 is 13.6 Å². The summed E-state index contributed by atoms with van der Waals surface area (Å²) < 4.78 is 26.6. The maximum Gasteiger partial charge on any atom is 0.282 e. The molecule has 0 bridgehead atoms. The molecule has 16 heavy (non-hydrogen) atoms. The fourth-order valence-electron chi connectivity index (χ4n) is 1.46. The molecule has 2 heterocycles. The van der Waals surface area contributed by atoms with Crippen LogP contribution in [0.4, 0.5) is 8.78 Å². The maximum absolute atomic E-state index is 12.6. The van der Waals surface area contributed by atoms with Crippen LogP contribution in [0.5, 0.6) is 0 Å². The molecule has 0 atom stereocenters. The number of nitrogens with one attached hydrogen (secondary N) is 1. The van der Waals surface area contributed by atoms with Crippen molar-refractivity contribution >= 4 is 27.5 Å². The van der Waals surface area contributed by atoms with Crippen LogP contribution >= 0.6 is 11.3 Å². The van der Waals surface area contributed by atoms with Crippen LogP contribution in [0.2, 0.25) is 0 Å². The minimum absolute atomic E-state index is 0.274. The number of halogens is 2. The van der Waals surface area contributed by atoms with Gasteiger partial charge < -0.3 is 5.32 Å². The van der Waals surface area contributed by atoms with Gasteiger partial charge in [0.15, 0.2) is 0 Å². The monoisotopic (exact) mass is 245 g/mol. The van der Waals surface area contributed by atoms with Gasteiger partial charge in [0.25, 0.3) is 12.3 Å². The van der Waals surface area contributed by atoms with E-state index < -0.39 is 6.43 Å². The van der Waals surface area contributed by atoms with Crippen molar-refractivity contribution in [3.8, 4) is 0 Å². The number of carbonyl (C=O) groups is 1. The van der Waals surface area contributed by atoms with Crippen molar-refractivity contribution in [3.63, 3.8) is 0 Å². The van der Waals surface area contributed by atoms with Gasteiger partial charge in [-0.2, -0.15) is 5.10 Å². The highest BCUT2D eigenvalue weighted by molar-refractivity contribution is 7.20. The molecule has 1 amide bonds. The standard InChI is InChI=1S/C9H9F2N3OS/c1-12-8(15)5-3-4-6(7(10)11)13-14(2)9(4)16-5/h3,7H,1-2H3,(H,12,15). The first-order valence-corrected chi connectivity index (χ1v) is 5.33. The Morgan fingerprint density at radius 1 is 1.62 bits per heavy atom. The summed E-state index contributed by atoms with van der Waals surface area (Å²) in [7, 11) is 3.08. The normalized spacial score (nSPS) is 11.3. The third-order valence-electron chi connectivity index (χ3n) is 2.20. The van der Waals surface area contributed by atoms with E-state index in [9.17, 15) is 13.6 Å². The Morgan fingerprint density at radius 2 is 2.31 bits per heavy atom. The number of carbonyl (C=O) groups excluding carboxylic acids is 1. The zero-order chi connectivity index (χ0) is 11.9. The van der Waals surface area contributed by atoms with Gasteiger partial charge in [-0.15, -0.1) is 11.3 Å². The minimum atomic E-state index is -2.63. The van der Waals surface area contributed by atoms with Crippen molar-refractivity contribution in [1.82, 2.24) is 15.1 Å². The summed E-state index contributed by atoms with van der Waals surface area (Å²) in [4.78, 5) is 12.3. The van der Waals surface area contributed by atoms with Crippen LogP contribution in [0.25, 0.3) is 10.2 Å². The Morgan fingerprint density at radius 3 is 2.88 bits per heavy atom. The first-order valence-electron chi connectivity index (χ1n) is 4.51. The number of amides is 1. The van der Waals surface area contributed by atoms with E-state index in [0.29, 0.717) is 15.1 Å². The van der Waals surface area contributed by atoms with Crippen molar-refractivity contribution in [2.24, 2.45) is 7.05 Å². The molecule has 0 saturated heterocycles. The Hall–Kier alpha value is -1.50. The topological polar surface area (TPSA) is 46.9 Å². The smallest absolute Gasteiger partial charge is 0.282 e. The van der Waals surface area contributed by atoms with Gasteiger partial charge in [-0.1, -0.05) is 0 Å². The predicted molar refractivity (Wildman–Crippen MR) is 56.9 cm³/mol. The molecular formula is C9H9F2N3OS. The van der Waals surface area contributed by atoms with E-state index in [0.717, 1.165) is 11.3 Å². The van der Waals surface area contributed by atoms with Gasteiger partial charge in [0.05, 0.1) is 4.88 Å². The van der Waals surface area contributed by atoms with E-state index in [-0.39, 0.29) is 11.6 Å². The van der Waals surface area contributed by atoms with E-state index in [4.69, 9.17) is 0 Å². The maximum atomic E-state index is 12.6. The number of thiophene rings is 1. The van der Waals surface area contributed by atoms with Crippen LogP contribution in [-0.2, 0) is 7.05 Å². The molecule has 86 valence electrons. The summed E-state index contributed by atoms with van der Waals surface area (Å²) in [6, 6.07) is 1.45. The lowest BCUT2D eigenvalue weighted by Gasteiger charge is -1.94. The number of nitrogens with zero attached hydrogens (tertiary/aromatic N) is 2. The number of rotatable bonds is 2.